The van der Waals surface area contributed by atoms with Crippen LogP contribution in [-0.2, 0) is 20.1 Å². The highest BCUT2D eigenvalue weighted by molar-refractivity contribution is 14.0. The maximum Gasteiger partial charge on any atom is 0.194 e. The van der Waals surface area contributed by atoms with Crippen LogP contribution in [0.3, 0.4) is 0 Å². The van der Waals surface area contributed by atoms with Gasteiger partial charge < -0.3 is 14.6 Å². The van der Waals surface area contributed by atoms with E-state index >= 15 is 0 Å². The number of aryl methyl sites for hydroxylation is 2. The third-order valence-electron chi connectivity index (χ3n) is 3.92. The average Bonchev–Trinajstić information content (AvgIpc) is 3.15. The van der Waals surface area contributed by atoms with Gasteiger partial charge in [-0.15, -0.1) is 24.0 Å². The van der Waals surface area contributed by atoms with Crippen molar-refractivity contribution < 1.29 is 0 Å². The maximum atomic E-state index is 4.64. The van der Waals surface area contributed by atoms with Crippen LogP contribution in [0, 0.1) is 6.92 Å². The molecule has 1 N–H and O–H groups in total. The SMILES string of the molecule is CN=C(NCc1cn2c(C)cccc2n1)N(C)Cc1cnn(C)c1.I. The molecule has 0 aliphatic carbocycles. The van der Waals surface area contributed by atoms with Gasteiger partial charge in [-0.1, -0.05) is 6.07 Å². The summed E-state index contributed by atoms with van der Waals surface area (Å²) in [5.41, 5.74) is 4.27. The van der Waals surface area contributed by atoms with Crippen molar-refractivity contribution in [3.8, 4) is 0 Å². The van der Waals surface area contributed by atoms with Crippen molar-refractivity contribution in [3.63, 3.8) is 0 Å². The first kappa shape index (κ1) is 19.2. The van der Waals surface area contributed by atoms with E-state index < -0.39 is 0 Å². The number of nitrogens with zero attached hydrogens (tertiary/aromatic N) is 6. The Bertz CT molecular complexity index is 865. The number of fused-ring (bicyclic) bond motifs is 1. The number of hydrogen-bond acceptors (Lipinski definition) is 3. The molecule has 0 saturated carbocycles. The van der Waals surface area contributed by atoms with Crippen molar-refractivity contribution in [1.29, 1.82) is 0 Å². The van der Waals surface area contributed by atoms with Gasteiger partial charge in [-0.25, -0.2) is 4.98 Å². The molecule has 0 aliphatic rings. The predicted octanol–water partition coefficient (Wildman–Crippen LogP) is 2.20. The van der Waals surface area contributed by atoms with Crippen LogP contribution in [0.25, 0.3) is 5.65 Å². The molecule has 3 aromatic heterocycles. The van der Waals surface area contributed by atoms with Crippen molar-refractivity contribution in [2.24, 2.45) is 12.0 Å². The van der Waals surface area contributed by atoms with E-state index in [4.69, 9.17) is 0 Å². The zero-order valence-electron chi connectivity index (χ0n) is 15.0. The van der Waals surface area contributed by atoms with Crippen LogP contribution in [0.5, 0.6) is 0 Å². The van der Waals surface area contributed by atoms with Crippen LogP contribution in [0.1, 0.15) is 17.0 Å². The summed E-state index contributed by atoms with van der Waals surface area (Å²) in [5.74, 6) is 0.827. The molecule has 3 aromatic rings. The van der Waals surface area contributed by atoms with Crippen LogP contribution in [0.15, 0.2) is 41.8 Å². The van der Waals surface area contributed by atoms with Crippen LogP contribution >= 0.6 is 24.0 Å². The Balaban J connectivity index is 0.00000225. The molecule has 0 bridgehead atoms. The molecular weight excluding hydrogens is 429 g/mol. The molecule has 3 rings (SSSR count). The molecule has 0 atom stereocenters. The fourth-order valence-electron chi connectivity index (χ4n) is 2.74. The van der Waals surface area contributed by atoms with Gasteiger partial charge in [0, 0.05) is 51.3 Å². The normalized spacial score (nSPS) is 11.4. The molecular formula is C17H24IN7. The molecule has 3 heterocycles. The largest absolute Gasteiger partial charge is 0.351 e. The van der Waals surface area contributed by atoms with Gasteiger partial charge in [0.15, 0.2) is 5.96 Å². The number of hydrogen-bond donors (Lipinski definition) is 1. The minimum atomic E-state index is 0. The summed E-state index contributed by atoms with van der Waals surface area (Å²) in [4.78, 5) is 11.1. The standard InChI is InChI=1S/C17H23N7.HI/c1-13-6-5-7-16-21-15(12-24(13)16)9-19-17(18-2)22(3)10-14-8-20-23(4)11-14;/h5-8,11-12H,9-10H2,1-4H3,(H,18,19);1H. The average molecular weight is 453 g/mol. The van der Waals surface area contributed by atoms with Gasteiger partial charge in [0.1, 0.15) is 5.65 Å². The molecule has 0 unspecified atom stereocenters. The van der Waals surface area contributed by atoms with Crippen molar-refractivity contribution in [1.82, 2.24) is 29.4 Å². The second-order valence-corrected chi connectivity index (χ2v) is 5.91. The summed E-state index contributed by atoms with van der Waals surface area (Å²) >= 11 is 0. The number of nitrogens with one attached hydrogen (secondary N) is 1. The number of imidazole rings is 1. The predicted molar refractivity (Wildman–Crippen MR) is 110 cm³/mol. The van der Waals surface area contributed by atoms with Crippen LogP contribution < -0.4 is 5.32 Å². The topological polar surface area (TPSA) is 62.8 Å². The van der Waals surface area contributed by atoms with E-state index in [2.05, 4.69) is 48.9 Å². The van der Waals surface area contributed by atoms with Crippen molar-refractivity contribution in [3.05, 3.63) is 53.7 Å². The van der Waals surface area contributed by atoms with E-state index in [1.54, 1.807) is 11.7 Å². The summed E-state index contributed by atoms with van der Waals surface area (Å²) in [6.07, 6.45) is 5.94. The fourth-order valence-corrected chi connectivity index (χ4v) is 2.74. The Kier molecular flexibility index (Phi) is 6.40. The van der Waals surface area contributed by atoms with Crippen LogP contribution in [0.4, 0.5) is 0 Å². The van der Waals surface area contributed by atoms with Gasteiger partial charge in [0.25, 0.3) is 0 Å². The quantitative estimate of drug-likeness (QED) is 0.374. The molecule has 0 aromatic carbocycles. The Morgan fingerprint density at radius 1 is 1.32 bits per heavy atom. The monoisotopic (exact) mass is 453 g/mol. The molecule has 0 amide bonds. The Labute approximate surface area is 164 Å². The summed E-state index contributed by atoms with van der Waals surface area (Å²) in [6.45, 7) is 3.45. The Morgan fingerprint density at radius 2 is 2.12 bits per heavy atom. The van der Waals surface area contributed by atoms with Gasteiger partial charge in [-0.3, -0.25) is 9.67 Å². The summed E-state index contributed by atoms with van der Waals surface area (Å²) < 4.78 is 3.90. The molecule has 7 nitrogen and oxygen atoms in total. The Hall–Kier alpha value is -2.10. The van der Waals surface area contributed by atoms with E-state index in [1.165, 1.54) is 5.69 Å². The van der Waals surface area contributed by atoms with Gasteiger partial charge in [0.05, 0.1) is 18.4 Å². The molecule has 0 saturated heterocycles. The van der Waals surface area contributed by atoms with Crippen molar-refractivity contribution in [2.75, 3.05) is 14.1 Å². The minimum Gasteiger partial charge on any atom is -0.351 e. The zero-order valence-corrected chi connectivity index (χ0v) is 17.3. The van der Waals surface area contributed by atoms with E-state index in [0.717, 1.165) is 29.4 Å². The van der Waals surface area contributed by atoms with Crippen molar-refractivity contribution in [2.45, 2.75) is 20.0 Å². The van der Waals surface area contributed by atoms with Gasteiger partial charge in [-0.2, -0.15) is 5.10 Å². The summed E-state index contributed by atoms with van der Waals surface area (Å²) in [6, 6.07) is 6.11. The first-order valence-corrected chi connectivity index (χ1v) is 7.89. The first-order chi connectivity index (χ1) is 11.6. The third-order valence-corrected chi connectivity index (χ3v) is 3.92. The molecule has 0 spiro atoms. The fraction of sp³-hybridized carbons (Fsp3) is 0.353. The highest BCUT2D eigenvalue weighted by atomic mass is 127. The van der Waals surface area contributed by atoms with Gasteiger partial charge in [0.2, 0.25) is 0 Å². The van der Waals surface area contributed by atoms with Crippen molar-refractivity contribution >= 4 is 35.6 Å². The van der Waals surface area contributed by atoms with E-state index in [0.29, 0.717) is 6.54 Å². The number of rotatable bonds is 4. The van der Waals surface area contributed by atoms with Gasteiger partial charge in [-0.05, 0) is 19.1 Å². The van der Waals surface area contributed by atoms with Crippen LogP contribution in [-0.4, -0.2) is 44.1 Å². The molecule has 0 fully saturated rings. The molecule has 8 heteroatoms. The van der Waals surface area contributed by atoms with Gasteiger partial charge >= 0.3 is 0 Å². The van der Waals surface area contributed by atoms with Crippen LogP contribution in [0.2, 0.25) is 0 Å². The lowest BCUT2D eigenvalue weighted by atomic mass is 10.3. The number of guanidine groups is 1. The Morgan fingerprint density at radius 3 is 2.76 bits per heavy atom. The summed E-state index contributed by atoms with van der Waals surface area (Å²) in [7, 11) is 5.72. The highest BCUT2D eigenvalue weighted by Crippen LogP contribution is 2.08. The number of aromatic nitrogens is 4. The smallest absolute Gasteiger partial charge is 0.194 e. The highest BCUT2D eigenvalue weighted by Gasteiger charge is 2.09. The lowest BCUT2D eigenvalue weighted by Gasteiger charge is -2.21. The zero-order chi connectivity index (χ0) is 17.1. The maximum absolute atomic E-state index is 4.64. The molecule has 0 radical (unpaired) electrons. The van der Waals surface area contributed by atoms with E-state index in [-0.39, 0.29) is 24.0 Å². The lowest BCUT2D eigenvalue weighted by Crippen LogP contribution is -2.38. The number of halogens is 1. The third kappa shape index (κ3) is 4.50. The lowest BCUT2D eigenvalue weighted by molar-refractivity contribution is 0.476. The second-order valence-electron chi connectivity index (χ2n) is 5.91. The molecule has 0 aliphatic heterocycles. The minimum absolute atomic E-state index is 0. The summed E-state index contributed by atoms with van der Waals surface area (Å²) in [5, 5.41) is 7.56. The van der Waals surface area contributed by atoms with E-state index in [9.17, 15) is 0 Å². The second kappa shape index (κ2) is 8.32. The first-order valence-electron chi connectivity index (χ1n) is 7.89. The molecule has 25 heavy (non-hydrogen) atoms. The number of aliphatic imine (C=N–C) groups is 1. The molecule has 134 valence electrons. The van der Waals surface area contributed by atoms with E-state index in [1.807, 2.05) is 38.6 Å². The number of pyridine rings is 1.